The zero-order chi connectivity index (χ0) is 16.3. The molecule has 0 aliphatic rings. The summed E-state index contributed by atoms with van der Waals surface area (Å²) in [5.74, 6) is 0.257. The Hall–Kier alpha value is -1.79. The van der Waals surface area contributed by atoms with Gasteiger partial charge in [0.2, 0.25) is 5.91 Å². The lowest BCUT2D eigenvalue weighted by Crippen LogP contribution is -2.23. The van der Waals surface area contributed by atoms with Gasteiger partial charge in [0.25, 0.3) is 0 Å². The SMILES string of the molecule is Cc1cc(N)nc(SC(C)C(=O)Nc2cc(Cl)ccc2C)n1. The van der Waals surface area contributed by atoms with E-state index in [0.717, 1.165) is 11.3 Å². The lowest BCUT2D eigenvalue weighted by Gasteiger charge is -2.13. The molecule has 2 rings (SSSR count). The average molecular weight is 337 g/mol. The number of nitrogens with one attached hydrogen (secondary N) is 1. The monoisotopic (exact) mass is 336 g/mol. The second-order valence-corrected chi connectivity index (χ2v) is 6.67. The van der Waals surface area contributed by atoms with Crippen LogP contribution in [0.25, 0.3) is 0 Å². The average Bonchev–Trinajstić information content (AvgIpc) is 2.41. The van der Waals surface area contributed by atoms with E-state index in [0.29, 0.717) is 21.7 Å². The van der Waals surface area contributed by atoms with Crippen LogP contribution in [0.5, 0.6) is 0 Å². The van der Waals surface area contributed by atoms with Crippen LogP contribution in [0.4, 0.5) is 11.5 Å². The summed E-state index contributed by atoms with van der Waals surface area (Å²) < 4.78 is 0. The molecule has 1 atom stereocenters. The molecule has 0 aliphatic carbocycles. The maximum absolute atomic E-state index is 12.3. The number of nitrogens with two attached hydrogens (primary N) is 1. The molecule has 0 spiro atoms. The molecule has 22 heavy (non-hydrogen) atoms. The third-order valence-corrected chi connectivity index (χ3v) is 4.16. The second kappa shape index (κ2) is 6.98. The van der Waals surface area contributed by atoms with E-state index in [1.165, 1.54) is 11.8 Å². The van der Waals surface area contributed by atoms with Crippen molar-refractivity contribution >= 4 is 40.8 Å². The van der Waals surface area contributed by atoms with Crippen LogP contribution in [0.1, 0.15) is 18.2 Å². The number of benzene rings is 1. The van der Waals surface area contributed by atoms with Crippen molar-refractivity contribution in [1.29, 1.82) is 0 Å². The fourth-order valence-corrected chi connectivity index (χ4v) is 2.80. The number of rotatable bonds is 4. The second-order valence-electron chi connectivity index (χ2n) is 4.93. The molecule has 7 heteroatoms. The predicted octanol–water partition coefficient (Wildman–Crippen LogP) is 3.45. The molecule has 5 nitrogen and oxygen atoms in total. The van der Waals surface area contributed by atoms with Gasteiger partial charge in [0.15, 0.2) is 5.16 Å². The van der Waals surface area contributed by atoms with E-state index < -0.39 is 0 Å². The molecular formula is C15H17ClN4OS. The van der Waals surface area contributed by atoms with Crippen LogP contribution in [-0.4, -0.2) is 21.1 Å². The Labute approximate surface area is 138 Å². The smallest absolute Gasteiger partial charge is 0.237 e. The third-order valence-electron chi connectivity index (χ3n) is 2.96. The van der Waals surface area contributed by atoms with Crippen molar-refractivity contribution in [2.24, 2.45) is 0 Å². The predicted molar refractivity (Wildman–Crippen MR) is 91.3 cm³/mol. The molecule has 1 heterocycles. The molecule has 0 fully saturated rings. The van der Waals surface area contributed by atoms with Crippen molar-refractivity contribution in [1.82, 2.24) is 9.97 Å². The van der Waals surface area contributed by atoms with Gasteiger partial charge in [-0.05, 0) is 38.5 Å². The first-order valence-corrected chi connectivity index (χ1v) is 7.96. The summed E-state index contributed by atoms with van der Waals surface area (Å²) in [5, 5.41) is 3.58. The summed E-state index contributed by atoms with van der Waals surface area (Å²) in [7, 11) is 0. The van der Waals surface area contributed by atoms with Gasteiger partial charge in [-0.1, -0.05) is 29.4 Å². The number of thioether (sulfide) groups is 1. The lowest BCUT2D eigenvalue weighted by atomic mass is 10.2. The number of hydrogen-bond donors (Lipinski definition) is 2. The zero-order valence-corrected chi connectivity index (χ0v) is 14.1. The largest absolute Gasteiger partial charge is 0.384 e. The van der Waals surface area contributed by atoms with E-state index in [9.17, 15) is 4.79 Å². The van der Waals surface area contributed by atoms with Crippen molar-refractivity contribution in [2.45, 2.75) is 31.2 Å². The molecule has 1 amide bonds. The number of hydrogen-bond acceptors (Lipinski definition) is 5. The summed E-state index contributed by atoms with van der Waals surface area (Å²) in [6, 6.07) is 7.06. The highest BCUT2D eigenvalue weighted by Crippen LogP contribution is 2.24. The van der Waals surface area contributed by atoms with E-state index >= 15 is 0 Å². The van der Waals surface area contributed by atoms with Crippen LogP contribution < -0.4 is 11.1 Å². The van der Waals surface area contributed by atoms with Gasteiger partial charge in [0, 0.05) is 22.5 Å². The van der Waals surface area contributed by atoms with Gasteiger partial charge in [-0.3, -0.25) is 4.79 Å². The van der Waals surface area contributed by atoms with Crippen molar-refractivity contribution in [3.05, 3.63) is 40.5 Å². The van der Waals surface area contributed by atoms with Crippen molar-refractivity contribution in [3.63, 3.8) is 0 Å². The minimum atomic E-state index is -0.361. The van der Waals surface area contributed by atoms with Crippen LogP contribution in [0.15, 0.2) is 29.4 Å². The Morgan fingerprint density at radius 3 is 2.73 bits per heavy atom. The van der Waals surface area contributed by atoms with Gasteiger partial charge < -0.3 is 11.1 Å². The third kappa shape index (κ3) is 4.35. The van der Waals surface area contributed by atoms with Gasteiger partial charge in [-0.15, -0.1) is 0 Å². The summed E-state index contributed by atoms with van der Waals surface area (Å²) in [5.41, 5.74) is 8.12. The van der Waals surface area contributed by atoms with Crippen LogP contribution in [0.2, 0.25) is 5.02 Å². The quantitative estimate of drug-likeness (QED) is 0.660. The molecule has 0 saturated heterocycles. The minimum absolute atomic E-state index is 0.140. The first-order chi connectivity index (χ1) is 10.3. The van der Waals surface area contributed by atoms with E-state index in [4.69, 9.17) is 17.3 Å². The molecule has 0 aliphatic heterocycles. The Morgan fingerprint density at radius 1 is 1.32 bits per heavy atom. The van der Waals surface area contributed by atoms with E-state index in [1.54, 1.807) is 25.1 Å². The summed E-state index contributed by atoms with van der Waals surface area (Å²) >= 11 is 7.22. The maximum Gasteiger partial charge on any atom is 0.237 e. The van der Waals surface area contributed by atoms with Crippen LogP contribution in [0.3, 0.4) is 0 Å². The van der Waals surface area contributed by atoms with Crippen LogP contribution >= 0.6 is 23.4 Å². The maximum atomic E-state index is 12.3. The number of carbonyl (C=O) groups excluding carboxylic acids is 1. The molecule has 1 unspecified atom stereocenters. The number of amides is 1. The Kier molecular flexibility index (Phi) is 5.26. The highest BCUT2D eigenvalue weighted by molar-refractivity contribution is 8.00. The summed E-state index contributed by atoms with van der Waals surface area (Å²) in [6.07, 6.45) is 0. The van der Waals surface area contributed by atoms with E-state index in [2.05, 4.69) is 15.3 Å². The number of nitrogen functional groups attached to an aromatic ring is 1. The Balaban J connectivity index is 2.07. The van der Waals surface area contributed by atoms with Gasteiger partial charge in [-0.25, -0.2) is 9.97 Å². The zero-order valence-electron chi connectivity index (χ0n) is 12.6. The Bertz CT molecular complexity index is 688. The molecule has 0 radical (unpaired) electrons. The number of nitrogens with zero attached hydrogens (tertiary/aromatic N) is 2. The first-order valence-electron chi connectivity index (χ1n) is 6.70. The number of anilines is 2. The fourth-order valence-electron chi connectivity index (χ4n) is 1.79. The van der Waals surface area contributed by atoms with E-state index in [-0.39, 0.29) is 11.2 Å². The molecule has 3 N–H and O–H groups in total. The Morgan fingerprint density at radius 2 is 2.05 bits per heavy atom. The highest BCUT2D eigenvalue weighted by Gasteiger charge is 2.17. The number of aromatic nitrogens is 2. The van der Waals surface area contributed by atoms with Crippen LogP contribution in [-0.2, 0) is 4.79 Å². The van der Waals surface area contributed by atoms with Gasteiger partial charge in [0.1, 0.15) is 5.82 Å². The summed E-state index contributed by atoms with van der Waals surface area (Å²) in [4.78, 5) is 20.7. The molecular weight excluding hydrogens is 320 g/mol. The first kappa shape index (κ1) is 16.6. The van der Waals surface area contributed by atoms with Gasteiger partial charge in [0.05, 0.1) is 5.25 Å². The van der Waals surface area contributed by atoms with Crippen LogP contribution in [0, 0.1) is 13.8 Å². The lowest BCUT2D eigenvalue weighted by molar-refractivity contribution is -0.115. The molecule has 1 aromatic carbocycles. The van der Waals surface area contributed by atoms with Crippen molar-refractivity contribution in [3.8, 4) is 0 Å². The molecule has 0 saturated carbocycles. The molecule has 2 aromatic rings. The van der Waals surface area contributed by atoms with Gasteiger partial charge >= 0.3 is 0 Å². The normalized spacial score (nSPS) is 12.0. The summed E-state index contributed by atoms with van der Waals surface area (Å²) in [6.45, 7) is 5.54. The standard InChI is InChI=1S/C15H17ClN4OS/c1-8-4-5-11(16)7-12(8)19-14(21)10(3)22-15-18-9(2)6-13(17)20-15/h4-7,10H,1-3H3,(H,19,21)(H2,17,18,20). The van der Waals surface area contributed by atoms with E-state index in [1.807, 2.05) is 19.9 Å². The molecule has 1 aromatic heterocycles. The number of carbonyl (C=O) groups is 1. The minimum Gasteiger partial charge on any atom is -0.384 e. The molecule has 116 valence electrons. The number of halogens is 1. The molecule has 0 bridgehead atoms. The van der Waals surface area contributed by atoms with Gasteiger partial charge in [-0.2, -0.15) is 0 Å². The topological polar surface area (TPSA) is 80.9 Å². The van der Waals surface area contributed by atoms with Crippen molar-refractivity contribution < 1.29 is 4.79 Å². The number of aryl methyl sites for hydroxylation is 2. The highest BCUT2D eigenvalue weighted by atomic mass is 35.5. The fraction of sp³-hybridized carbons (Fsp3) is 0.267. The van der Waals surface area contributed by atoms with Crippen molar-refractivity contribution in [2.75, 3.05) is 11.1 Å².